The first kappa shape index (κ1) is 33.1. The van der Waals surface area contributed by atoms with E-state index in [9.17, 15) is 0 Å². The van der Waals surface area contributed by atoms with E-state index >= 15 is 0 Å². The second-order valence-electron chi connectivity index (χ2n) is 12.6. The molecule has 0 fully saturated rings. The number of aliphatic hydroxyl groups is 1. The Morgan fingerprint density at radius 1 is 0.486 bits per heavy atom. The predicted octanol–water partition coefficient (Wildman–Crippen LogP) is 8.48. The van der Waals surface area contributed by atoms with Gasteiger partial charge in [0.2, 0.25) is 0 Å². The van der Waals surface area contributed by atoms with Crippen molar-refractivity contribution in [3.05, 3.63) is 89.5 Å². The highest BCUT2D eigenvalue weighted by Gasteiger charge is 2.27. The summed E-state index contributed by atoms with van der Waals surface area (Å²) >= 11 is 0. The molecular formula is C35H54OP+. The predicted molar refractivity (Wildman–Crippen MR) is 171 cm³/mol. The van der Waals surface area contributed by atoms with Crippen LogP contribution < -0.4 is 15.9 Å². The van der Waals surface area contributed by atoms with Gasteiger partial charge in [-0.1, -0.05) is 119 Å². The molecular weight excluding hydrogens is 467 g/mol. The normalized spacial score (nSPS) is 11.8. The molecule has 1 nitrogen and oxygen atoms in total. The van der Waals surface area contributed by atoms with Crippen molar-refractivity contribution in [3.8, 4) is 0 Å². The number of aliphatic hydroxyl groups excluding tert-OH is 1. The Morgan fingerprint density at radius 3 is 0.811 bits per heavy atom. The fourth-order valence-electron chi connectivity index (χ4n) is 3.91. The summed E-state index contributed by atoms with van der Waals surface area (Å²) in [5.74, 6) is 0. The Labute approximate surface area is 230 Å². The Morgan fingerprint density at radius 2 is 0.676 bits per heavy atom. The first-order chi connectivity index (χ1) is 17.2. The lowest BCUT2D eigenvalue weighted by Crippen LogP contribution is -2.23. The van der Waals surface area contributed by atoms with E-state index in [1.807, 2.05) is 20.8 Å². The first-order valence-corrected chi connectivity index (χ1v) is 15.5. The molecule has 3 aromatic rings. The van der Waals surface area contributed by atoms with Crippen molar-refractivity contribution < 1.29 is 5.11 Å². The molecule has 0 saturated heterocycles. The van der Waals surface area contributed by atoms with E-state index < -0.39 is 7.92 Å². The molecule has 0 spiro atoms. The fourth-order valence-corrected chi connectivity index (χ4v) is 6.41. The molecule has 0 atom stereocenters. The third-order valence-electron chi connectivity index (χ3n) is 6.34. The maximum atomic E-state index is 7.88. The van der Waals surface area contributed by atoms with Crippen LogP contribution in [0.5, 0.6) is 0 Å². The van der Waals surface area contributed by atoms with Crippen LogP contribution in [0.2, 0.25) is 0 Å². The van der Waals surface area contributed by atoms with Gasteiger partial charge in [0, 0.05) is 6.61 Å². The molecule has 37 heavy (non-hydrogen) atoms. The van der Waals surface area contributed by atoms with Gasteiger partial charge in [-0.3, -0.25) is 0 Å². The number of hydrogen-bond donors (Lipinski definition) is 1. The van der Waals surface area contributed by atoms with Crippen LogP contribution in [-0.4, -0.2) is 11.7 Å². The van der Waals surface area contributed by atoms with E-state index in [4.69, 9.17) is 5.11 Å². The lowest BCUT2D eigenvalue weighted by Gasteiger charge is -2.21. The molecule has 0 radical (unpaired) electrons. The van der Waals surface area contributed by atoms with Crippen LogP contribution in [-0.2, 0) is 16.2 Å². The highest BCUT2D eigenvalue weighted by Crippen LogP contribution is 2.35. The molecule has 0 saturated carbocycles. The second kappa shape index (κ2) is 14.3. The summed E-state index contributed by atoms with van der Waals surface area (Å²) in [6.45, 7) is 26.8. The van der Waals surface area contributed by atoms with Gasteiger partial charge < -0.3 is 5.11 Å². The Balaban J connectivity index is 0.00000104. The van der Waals surface area contributed by atoms with Gasteiger partial charge >= 0.3 is 0 Å². The first-order valence-electron chi connectivity index (χ1n) is 14.0. The summed E-state index contributed by atoms with van der Waals surface area (Å²) in [7, 11) is -1.06. The molecule has 2 heteroatoms. The molecule has 0 heterocycles. The zero-order valence-corrected chi connectivity index (χ0v) is 26.8. The van der Waals surface area contributed by atoms with E-state index in [1.165, 1.54) is 32.6 Å². The summed E-state index contributed by atoms with van der Waals surface area (Å²) in [5, 5.41) is 12.2. The van der Waals surface area contributed by atoms with Crippen molar-refractivity contribution in [2.45, 2.75) is 106 Å². The Kier molecular flexibility index (Phi) is 12.8. The molecule has 3 rings (SSSR count). The minimum atomic E-state index is -1.06. The number of hydrogen-bond acceptors (Lipinski definition) is 1. The highest BCUT2D eigenvalue weighted by atomic mass is 31.1. The molecule has 204 valence electrons. The fraction of sp³-hybridized carbons (Fsp3) is 0.486. The van der Waals surface area contributed by atoms with E-state index in [0.29, 0.717) is 6.61 Å². The second-order valence-corrected chi connectivity index (χ2v) is 15.1. The van der Waals surface area contributed by atoms with Gasteiger partial charge in [-0.15, -0.1) is 0 Å². The van der Waals surface area contributed by atoms with Crippen molar-refractivity contribution in [3.63, 3.8) is 0 Å². The maximum absolute atomic E-state index is 7.88. The molecule has 0 unspecified atom stereocenters. The number of rotatable bonds is 4. The lowest BCUT2D eigenvalue weighted by atomic mass is 9.87. The summed E-state index contributed by atoms with van der Waals surface area (Å²) < 4.78 is 0. The quantitative estimate of drug-likeness (QED) is 0.341. The van der Waals surface area contributed by atoms with E-state index in [1.54, 1.807) is 0 Å². The van der Waals surface area contributed by atoms with Crippen LogP contribution in [0.4, 0.5) is 0 Å². The van der Waals surface area contributed by atoms with Crippen molar-refractivity contribution in [1.82, 2.24) is 0 Å². The van der Waals surface area contributed by atoms with Crippen LogP contribution in [0.25, 0.3) is 0 Å². The Hall–Kier alpha value is -1.95. The average Bonchev–Trinajstić information content (AvgIpc) is 2.85. The standard InChI is InChI=1S/C30H39P.C3H8O.C2H6/c1-28(2,3)22-10-16-25(17-11-22)31(26-18-12-23(13-19-26)29(4,5)6)27-20-14-24(15-21-27)30(7,8)9;1-2-3-4;1-2/h10-21H,1-9H3;4H,2-3H2,1H3;1-2H3/p+1. The van der Waals surface area contributed by atoms with Gasteiger partial charge in [-0.25, -0.2) is 0 Å². The van der Waals surface area contributed by atoms with Gasteiger partial charge in [-0.05, 0) is 75.8 Å². The summed E-state index contributed by atoms with van der Waals surface area (Å²) in [4.78, 5) is 0. The van der Waals surface area contributed by atoms with Crippen molar-refractivity contribution in [1.29, 1.82) is 0 Å². The zero-order valence-electron chi connectivity index (χ0n) is 25.8. The minimum absolute atomic E-state index is 0.175. The van der Waals surface area contributed by atoms with Gasteiger partial charge in [0.15, 0.2) is 0 Å². The van der Waals surface area contributed by atoms with Crippen LogP contribution in [0.3, 0.4) is 0 Å². The van der Waals surface area contributed by atoms with Gasteiger partial charge in [0.05, 0.1) is 7.92 Å². The van der Waals surface area contributed by atoms with Crippen molar-refractivity contribution in [2.24, 2.45) is 0 Å². The van der Waals surface area contributed by atoms with E-state index in [2.05, 4.69) is 135 Å². The topological polar surface area (TPSA) is 20.2 Å². The third kappa shape index (κ3) is 10.0. The van der Waals surface area contributed by atoms with Crippen molar-refractivity contribution >= 4 is 23.8 Å². The van der Waals surface area contributed by atoms with Crippen LogP contribution in [0.1, 0.15) is 106 Å². The summed E-state index contributed by atoms with van der Waals surface area (Å²) in [6, 6.07) is 28.2. The molecule has 1 N–H and O–H groups in total. The lowest BCUT2D eigenvalue weighted by molar-refractivity contribution is 0.295. The van der Waals surface area contributed by atoms with Gasteiger partial charge in [0.25, 0.3) is 0 Å². The number of benzene rings is 3. The third-order valence-corrected chi connectivity index (χ3v) is 9.07. The SMILES string of the molecule is CC.CC(C)(C)c1ccc([PH+](c2ccc(C(C)(C)C)cc2)c2ccc(C(C)(C)C)cc2)cc1.CCCO. The van der Waals surface area contributed by atoms with Crippen LogP contribution in [0.15, 0.2) is 72.8 Å². The molecule has 0 bridgehead atoms. The smallest absolute Gasteiger partial charge is 0.102 e. The summed E-state index contributed by atoms with van der Waals surface area (Å²) in [6.07, 6.45) is 0.875. The molecule has 0 aliphatic carbocycles. The average molecular weight is 522 g/mol. The minimum Gasteiger partial charge on any atom is -0.396 e. The van der Waals surface area contributed by atoms with Gasteiger partial charge in [0.1, 0.15) is 15.9 Å². The molecule has 3 aromatic carbocycles. The monoisotopic (exact) mass is 521 g/mol. The summed E-state index contributed by atoms with van der Waals surface area (Å²) in [5.41, 5.74) is 4.70. The van der Waals surface area contributed by atoms with Gasteiger partial charge in [-0.2, -0.15) is 0 Å². The molecule has 0 aromatic heterocycles. The van der Waals surface area contributed by atoms with E-state index in [-0.39, 0.29) is 16.2 Å². The highest BCUT2D eigenvalue weighted by molar-refractivity contribution is 7.79. The van der Waals surface area contributed by atoms with Crippen LogP contribution in [0, 0.1) is 0 Å². The van der Waals surface area contributed by atoms with E-state index in [0.717, 1.165) is 6.42 Å². The van der Waals surface area contributed by atoms with Crippen LogP contribution >= 0.6 is 7.92 Å². The Bertz CT molecular complexity index is 887. The largest absolute Gasteiger partial charge is 0.396 e. The molecule has 0 amide bonds. The maximum Gasteiger partial charge on any atom is 0.102 e. The van der Waals surface area contributed by atoms with Crippen molar-refractivity contribution in [2.75, 3.05) is 6.61 Å². The zero-order chi connectivity index (χ0) is 28.4. The molecule has 0 aliphatic rings. The molecule has 0 aliphatic heterocycles.